The van der Waals surface area contributed by atoms with Crippen molar-refractivity contribution < 1.29 is 4.39 Å². The van der Waals surface area contributed by atoms with Crippen LogP contribution in [0, 0.1) is 12.7 Å². The van der Waals surface area contributed by atoms with Crippen LogP contribution in [-0.4, -0.2) is 9.38 Å². The van der Waals surface area contributed by atoms with Crippen LogP contribution in [0.3, 0.4) is 0 Å². The quantitative estimate of drug-likeness (QED) is 0.459. The fourth-order valence-corrected chi connectivity index (χ4v) is 2.70. The number of hydrogen-bond acceptors (Lipinski definition) is 1. The van der Waals surface area contributed by atoms with E-state index in [0.717, 1.165) is 33.1 Å². The van der Waals surface area contributed by atoms with Gasteiger partial charge in [0.25, 0.3) is 0 Å². The molecule has 0 radical (unpaired) electrons. The molecule has 0 saturated heterocycles. The van der Waals surface area contributed by atoms with Gasteiger partial charge in [0, 0.05) is 5.39 Å². The topological polar surface area (TPSA) is 17.3 Å². The highest BCUT2D eigenvalue weighted by Crippen LogP contribution is 2.26. The Hall–Kier alpha value is -2.42. The average Bonchev–Trinajstić information content (AvgIpc) is 2.78. The van der Waals surface area contributed by atoms with Crippen LogP contribution in [0.5, 0.6) is 0 Å². The molecular weight excluding hydrogens is 239 g/mol. The van der Waals surface area contributed by atoms with E-state index in [0.29, 0.717) is 0 Å². The summed E-state index contributed by atoms with van der Waals surface area (Å²) in [6.07, 6.45) is 0. The van der Waals surface area contributed by atoms with Gasteiger partial charge >= 0.3 is 0 Å². The standard InChI is InChI=1S/C16H11FN2/c1-10-16-9-11-8-12(17)6-7-14(11)19(16)15-5-3-2-4-13(15)18-10/h2-9H,1H3. The minimum Gasteiger partial charge on any atom is -0.306 e. The van der Waals surface area contributed by atoms with E-state index in [9.17, 15) is 4.39 Å². The number of aromatic nitrogens is 2. The summed E-state index contributed by atoms with van der Waals surface area (Å²) in [7, 11) is 0. The number of rotatable bonds is 0. The van der Waals surface area contributed by atoms with E-state index in [4.69, 9.17) is 0 Å². The Labute approximate surface area is 109 Å². The highest BCUT2D eigenvalue weighted by Gasteiger charge is 2.10. The molecule has 0 atom stereocenters. The van der Waals surface area contributed by atoms with Crippen molar-refractivity contribution in [1.29, 1.82) is 0 Å². The van der Waals surface area contributed by atoms with Crippen molar-refractivity contribution in [2.24, 2.45) is 0 Å². The first kappa shape index (κ1) is 10.5. The van der Waals surface area contributed by atoms with Crippen LogP contribution in [-0.2, 0) is 0 Å². The molecule has 92 valence electrons. The van der Waals surface area contributed by atoms with Crippen LogP contribution in [0.2, 0.25) is 0 Å². The summed E-state index contributed by atoms with van der Waals surface area (Å²) in [6.45, 7) is 1.98. The first-order valence-electron chi connectivity index (χ1n) is 6.20. The Kier molecular flexibility index (Phi) is 1.96. The molecule has 0 spiro atoms. The van der Waals surface area contributed by atoms with Gasteiger partial charge in [-0.25, -0.2) is 9.37 Å². The molecule has 0 aliphatic carbocycles. The predicted molar refractivity (Wildman–Crippen MR) is 74.9 cm³/mol. The van der Waals surface area contributed by atoms with E-state index < -0.39 is 0 Å². The summed E-state index contributed by atoms with van der Waals surface area (Å²) < 4.78 is 15.5. The van der Waals surface area contributed by atoms with E-state index in [1.54, 1.807) is 6.07 Å². The molecule has 2 aromatic heterocycles. The smallest absolute Gasteiger partial charge is 0.123 e. The Bertz CT molecular complexity index is 938. The highest BCUT2D eigenvalue weighted by atomic mass is 19.1. The van der Waals surface area contributed by atoms with Gasteiger partial charge in [-0.15, -0.1) is 0 Å². The van der Waals surface area contributed by atoms with E-state index in [1.807, 2.05) is 43.3 Å². The van der Waals surface area contributed by atoms with Gasteiger partial charge < -0.3 is 4.40 Å². The second kappa shape index (κ2) is 3.54. The molecular formula is C16H11FN2. The van der Waals surface area contributed by atoms with Crippen molar-refractivity contribution in [2.45, 2.75) is 6.92 Å². The molecule has 0 aliphatic heterocycles. The summed E-state index contributed by atoms with van der Waals surface area (Å²) in [5, 5.41) is 0.904. The number of halogens is 1. The maximum absolute atomic E-state index is 13.4. The normalized spacial score (nSPS) is 11.7. The molecule has 2 aromatic carbocycles. The van der Waals surface area contributed by atoms with Crippen LogP contribution in [0.4, 0.5) is 4.39 Å². The minimum atomic E-state index is -0.210. The van der Waals surface area contributed by atoms with Crippen LogP contribution in [0.25, 0.3) is 27.5 Å². The fourth-order valence-electron chi connectivity index (χ4n) is 2.70. The molecule has 19 heavy (non-hydrogen) atoms. The molecule has 0 N–H and O–H groups in total. The van der Waals surface area contributed by atoms with E-state index in [1.165, 1.54) is 6.07 Å². The van der Waals surface area contributed by atoms with E-state index in [-0.39, 0.29) is 5.82 Å². The molecule has 0 unspecified atom stereocenters. The van der Waals surface area contributed by atoms with E-state index >= 15 is 0 Å². The van der Waals surface area contributed by atoms with Gasteiger partial charge in [0.2, 0.25) is 0 Å². The van der Waals surface area contributed by atoms with Gasteiger partial charge in [0.1, 0.15) is 5.82 Å². The lowest BCUT2D eigenvalue weighted by atomic mass is 10.2. The molecule has 0 bridgehead atoms. The highest BCUT2D eigenvalue weighted by molar-refractivity contribution is 5.93. The van der Waals surface area contributed by atoms with Crippen LogP contribution in [0.1, 0.15) is 5.69 Å². The lowest BCUT2D eigenvalue weighted by Gasteiger charge is -2.06. The fraction of sp³-hybridized carbons (Fsp3) is 0.0625. The predicted octanol–water partition coefficient (Wildman–Crippen LogP) is 4.09. The maximum Gasteiger partial charge on any atom is 0.123 e. The molecule has 0 amide bonds. The summed E-state index contributed by atoms with van der Waals surface area (Å²) >= 11 is 0. The van der Waals surface area contributed by atoms with Crippen molar-refractivity contribution in [3.63, 3.8) is 0 Å². The maximum atomic E-state index is 13.4. The third-order valence-corrected chi connectivity index (χ3v) is 3.55. The van der Waals surface area contributed by atoms with Crippen molar-refractivity contribution >= 4 is 27.5 Å². The molecule has 4 rings (SSSR count). The van der Waals surface area contributed by atoms with Crippen LogP contribution < -0.4 is 0 Å². The number of hydrogen-bond donors (Lipinski definition) is 0. The van der Waals surface area contributed by atoms with Gasteiger partial charge in [-0.05, 0) is 43.3 Å². The first-order chi connectivity index (χ1) is 9.24. The van der Waals surface area contributed by atoms with Crippen molar-refractivity contribution in [1.82, 2.24) is 9.38 Å². The minimum absolute atomic E-state index is 0.210. The Morgan fingerprint density at radius 3 is 2.68 bits per heavy atom. The Morgan fingerprint density at radius 1 is 0.947 bits per heavy atom. The average molecular weight is 250 g/mol. The van der Waals surface area contributed by atoms with Gasteiger partial charge in [-0.2, -0.15) is 0 Å². The zero-order valence-electron chi connectivity index (χ0n) is 10.4. The van der Waals surface area contributed by atoms with Gasteiger partial charge in [0.05, 0.1) is 27.8 Å². The Balaban J connectivity index is 2.36. The number of fused-ring (bicyclic) bond motifs is 5. The first-order valence-corrected chi connectivity index (χ1v) is 6.20. The molecule has 0 saturated carbocycles. The molecule has 2 heterocycles. The van der Waals surface area contributed by atoms with Gasteiger partial charge in [0.15, 0.2) is 0 Å². The summed E-state index contributed by atoms with van der Waals surface area (Å²) in [5.74, 6) is -0.210. The molecule has 2 nitrogen and oxygen atoms in total. The van der Waals surface area contributed by atoms with Gasteiger partial charge in [-0.3, -0.25) is 0 Å². The number of nitrogens with zero attached hydrogens (tertiary/aromatic N) is 2. The zero-order chi connectivity index (χ0) is 13.0. The largest absolute Gasteiger partial charge is 0.306 e. The van der Waals surface area contributed by atoms with E-state index in [2.05, 4.69) is 9.38 Å². The summed E-state index contributed by atoms with van der Waals surface area (Å²) in [6, 6.07) is 14.9. The van der Waals surface area contributed by atoms with Crippen molar-refractivity contribution in [3.8, 4) is 0 Å². The molecule has 4 aromatic rings. The molecule has 3 heteroatoms. The monoisotopic (exact) mass is 250 g/mol. The van der Waals surface area contributed by atoms with Gasteiger partial charge in [-0.1, -0.05) is 12.1 Å². The summed E-state index contributed by atoms with van der Waals surface area (Å²) in [4.78, 5) is 4.61. The lowest BCUT2D eigenvalue weighted by Crippen LogP contribution is -1.94. The number of benzene rings is 2. The third-order valence-electron chi connectivity index (χ3n) is 3.55. The summed E-state index contributed by atoms with van der Waals surface area (Å²) in [5.41, 5.74) is 4.99. The zero-order valence-corrected chi connectivity index (χ0v) is 10.4. The Morgan fingerprint density at radius 2 is 1.79 bits per heavy atom. The van der Waals surface area contributed by atoms with Crippen molar-refractivity contribution in [2.75, 3.05) is 0 Å². The second-order valence-electron chi connectivity index (χ2n) is 4.75. The SMILES string of the molecule is Cc1nc2ccccc2n2c1cc1cc(F)ccc12. The number of aryl methyl sites for hydroxylation is 1. The van der Waals surface area contributed by atoms with Crippen LogP contribution >= 0.6 is 0 Å². The van der Waals surface area contributed by atoms with Crippen molar-refractivity contribution in [3.05, 3.63) is 60.0 Å². The van der Waals surface area contributed by atoms with Crippen LogP contribution in [0.15, 0.2) is 48.5 Å². The molecule has 0 aliphatic rings. The molecule has 0 fully saturated rings. The third kappa shape index (κ3) is 1.38. The number of para-hydroxylation sites is 2. The lowest BCUT2D eigenvalue weighted by molar-refractivity contribution is 0.629. The second-order valence-corrected chi connectivity index (χ2v) is 4.75.